The van der Waals surface area contributed by atoms with E-state index in [0.29, 0.717) is 0 Å². The summed E-state index contributed by atoms with van der Waals surface area (Å²) in [5.74, 6) is 0. The van der Waals surface area contributed by atoms with Gasteiger partial charge in [0.2, 0.25) is 0 Å². The number of hydrogen-bond donors (Lipinski definition) is 1. The number of aromatic nitrogens is 2. The van der Waals surface area contributed by atoms with Crippen molar-refractivity contribution in [1.82, 2.24) is 16.3 Å². The minimum Gasteiger partial charge on any atom is -0.344 e. The summed E-state index contributed by atoms with van der Waals surface area (Å²) >= 11 is 0. The van der Waals surface area contributed by atoms with Crippen LogP contribution in [0.4, 0.5) is 0 Å². The van der Waals surface area contributed by atoms with Gasteiger partial charge in [0.25, 0.3) is 0 Å². The molecule has 3 heteroatoms. The molecule has 0 aliphatic rings. The molecule has 0 atom stereocenters. The second kappa shape index (κ2) is 4.66. The highest BCUT2D eigenvalue weighted by Gasteiger charge is 1.98. The fourth-order valence-electron chi connectivity index (χ4n) is 1.28. The maximum Gasteiger partial charge on any atom is 0.0929 e. The summed E-state index contributed by atoms with van der Waals surface area (Å²) in [4.78, 5) is 0. The van der Waals surface area contributed by atoms with Gasteiger partial charge in [-0.25, -0.2) is 0 Å². The molecule has 0 amide bonds. The summed E-state index contributed by atoms with van der Waals surface area (Å²) in [5.41, 5.74) is 4.24. The molecule has 0 bridgehead atoms. The molecule has 0 aliphatic heterocycles. The van der Waals surface area contributed by atoms with E-state index in [1.807, 2.05) is 19.1 Å². The van der Waals surface area contributed by atoms with Crippen molar-refractivity contribution < 1.29 is 0 Å². The number of hydrogen-bond acceptors (Lipinski definition) is 3. The zero-order valence-electron chi connectivity index (χ0n) is 9.07. The molecule has 2 aromatic rings. The molecule has 3 nitrogen and oxygen atoms in total. The van der Waals surface area contributed by atoms with Crippen LogP contribution in [0.5, 0.6) is 0 Å². The van der Waals surface area contributed by atoms with Gasteiger partial charge in [0, 0.05) is 5.56 Å². The molecule has 0 spiro atoms. The number of benzene rings is 1. The lowest BCUT2D eigenvalue weighted by atomic mass is 10.1. The van der Waals surface area contributed by atoms with Crippen molar-refractivity contribution in [2.75, 3.05) is 0 Å². The monoisotopic (exact) mass is 201 g/mol. The van der Waals surface area contributed by atoms with Crippen LogP contribution >= 0.6 is 0 Å². The van der Waals surface area contributed by atoms with Crippen LogP contribution in [0, 0.1) is 13.8 Å². The van der Waals surface area contributed by atoms with Gasteiger partial charge >= 0.3 is 0 Å². The number of rotatable bonds is 1. The van der Waals surface area contributed by atoms with Crippen molar-refractivity contribution in [3.8, 4) is 11.3 Å². The lowest BCUT2D eigenvalue weighted by Gasteiger charge is -2.00. The molecule has 15 heavy (non-hydrogen) atoms. The van der Waals surface area contributed by atoms with Crippen molar-refractivity contribution in [2.45, 2.75) is 13.8 Å². The second-order valence-corrected chi connectivity index (χ2v) is 3.43. The van der Waals surface area contributed by atoms with Crippen molar-refractivity contribution in [3.63, 3.8) is 0 Å². The Morgan fingerprint density at radius 1 is 0.800 bits per heavy atom. The largest absolute Gasteiger partial charge is 0.344 e. The van der Waals surface area contributed by atoms with E-state index in [0.717, 1.165) is 17.0 Å². The third-order valence-electron chi connectivity index (χ3n) is 2.15. The first kappa shape index (κ1) is 11.3. The maximum atomic E-state index is 4.13. The van der Waals surface area contributed by atoms with Crippen LogP contribution in [0.2, 0.25) is 0 Å². The molecule has 78 valence electrons. The highest BCUT2D eigenvalue weighted by molar-refractivity contribution is 5.58. The highest BCUT2D eigenvalue weighted by atomic mass is 15.1. The van der Waals surface area contributed by atoms with E-state index >= 15 is 0 Å². The molecule has 0 fully saturated rings. The first-order valence-corrected chi connectivity index (χ1v) is 4.63. The van der Waals surface area contributed by atoms with E-state index in [1.165, 1.54) is 5.56 Å². The second-order valence-electron chi connectivity index (χ2n) is 3.43. The quantitative estimate of drug-likeness (QED) is 0.771. The van der Waals surface area contributed by atoms with Gasteiger partial charge in [-0.2, -0.15) is 10.2 Å². The predicted octanol–water partition coefficient (Wildman–Crippen LogP) is 2.92. The molecule has 0 radical (unpaired) electrons. The Hall–Kier alpha value is -1.74. The van der Waals surface area contributed by atoms with Crippen LogP contribution in [-0.4, -0.2) is 10.2 Å². The fourth-order valence-corrected chi connectivity index (χ4v) is 1.28. The average molecular weight is 201 g/mol. The van der Waals surface area contributed by atoms with Crippen LogP contribution in [0.1, 0.15) is 11.3 Å². The van der Waals surface area contributed by atoms with E-state index in [2.05, 4.69) is 41.4 Å². The zero-order valence-corrected chi connectivity index (χ0v) is 9.07. The molecule has 1 heterocycles. The Labute approximate surface area is 89.8 Å². The van der Waals surface area contributed by atoms with Crippen molar-refractivity contribution >= 4 is 0 Å². The summed E-state index contributed by atoms with van der Waals surface area (Å²) in [6.07, 6.45) is 0. The molecule has 2 rings (SSSR count). The lowest BCUT2D eigenvalue weighted by molar-refractivity contribution is 0.987. The Bertz CT molecular complexity index is 374. The van der Waals surface area contributed by atoms with E-state index in [-0.39, 0.29) is 6.15 Å². The first-order chi connectivity index (χ1) is 6.75. The normalized spacial score (nSPS) is 9.47. The van der Waals surface area contributed by atoms with Crippen molar-refractivity contribution in [2.24, 2.45) is 0 Å². The summed E-state index contributed by atoms with van der Waals surface area (Å²) in [6.45, 7) is 4.01. The third-order valence-corrected chi connectivity index (χ3v) is 2.15. The Kier molecular flexibility index (Phi) is 3.52. The summed E-state index contributed by atoms with van der Waals surface area (Å²) in [6, 6.07) is 12.3. The SMILES string of the molecule is Cc1ccc(-c2ccc(C)nn2)cc1.N. The van der Waals surface area contributed by atoms with Crippen LogP contribution < -0.4 is 6.15 Å². The minimum absolute atomic E-state index is 0. The number of aryl methyl sites for hydroxylation is 2. The van der Waals surface area contributed by atoms with Crippen LogP contribution in [0.15, 0.2) is 36.4 Å². The van der Waals surface area contributed by atoms with Gasteiger partial charge in [0.1, 0.15) is 0 Å². The van der Waals surface area contributed by atoms with E-state index in [1.54, 1.807) is 0 Å². The molecule has 0 unspecified atom stereocenters. The summed E-state index contributed by atoms with van der Waals surface area (Å²) in [7, 11) is 0. The Balaban J connectivity index is 0.00000112. The molecular formula is C12H15N3. The molecule has 1 aromatic heterocycles. The lowest BCUT2D eigenvalue weighted by Crippen LogP contribution is -1.89. The minimum atomic E-state index is 0. The molecular weight excluding hydrogens is 186 g/mol. The Morgan fingerprint density at radius 2 is 1.47 bits per heavy atom. The van der Waals surface area contributed by atoms with E-state index < -0.39 is 0 Å². The zero-order chi connectivity index (χ0) is 9.97. The first-order valence-electron chi connectivity index (χ1n) is 4.63. The third kappa shape index (κ3) is 2.60. The van der Waals surface area contributed by atoms with Gasteiger partial charge in [-0.05, 0) is 26.0 Å². The molecule has 1 aromatic carbocycles. The van der Waals surface area contributed by atoms with Crippen molar-refractivity contribution in [1.29, 1.82) is 0 Å². The van der Waals surface area contributed by atoms with Gasteiger partial charge in [-0.1, -0.05) is 29.8 Å². The van der Waals surface area contributed by atoms with Crippen LogP contribution in [0.3, 0.4) is 0 Å². The van der Waals surface area contributed by atoms with Gasteiger partial charge < -0.3 is 6.15 Å². The predicted molar refractivity (Wildman–Crippen MR) is 62.0 cm³/mol. The van der Waals surface area contributed by atoms with Gasteiger partial charge in [-0.3, -0.25) is 0 Å². The summed E-state index contributed by atoms with van der Waals surface area (Å²) in [5, 5.41) is 8.16. The summed E-state index contributed by atoms with van der Waals surface area (Å²) < 4.78 is 0. The highest BCUT2D eigenvalue weighted by Crippen LogP contribution is 2.16. The van der Waals surface area contributed by atoms with Gasteiger partial charge in [0.15, 0.2) is 0 Å². The van der Waals surface area contributed by atoms with E-state index in [4.69, 9.17) is 0 Å². The van der Waals surface area contributed by atoms with E-state index in [9.17, 15) is 0 Å². The van der Waals surface area contributed by atoms with Crippen LogP contribution in [0.25, 0.3) is 11.3 Å². The fraction of sp³-hybridized carbons (Fsp3) is 0.167. The van der Waals surface area contributed by atoms with Gasteiger partial charge in [0.05, 0.1) is 11.4 Å². The van der Waals surface area contributed by atoms with Gasteiger partial charge in [-0.15, -0.1) is 0 Å². The smallest absolute Gasteiger partial charge is 0.0929 e. The molecule has 0 saturated carbocycles. The molecule has 0 aliphatic carbocycles. The number of nitrogens with zero attached hydrogens (tertiary/aromatic N) is 2. The molecule has 3 N–H and O–H groups in total. The van der Waals surface area contributed by atoms with Crippen molar-refractivity contribution in [3.05, 3.63) is 47.7 Å². The topological polar surface area (TPSA) is 60.8 Å². The Morgan fingerprint density at radius 3 is 2.00 bits per heavy atom. The maximum absolute atomic E-state index is 4.13. The standard InChI is InChI=1S/C12H12N2.H3N/c1-9-3-6-11(7-4-9)12-8-5-10(2)13-14-12;/h3-8H,1-2H3;1H3. The van der Waals surface area contributed by atoms with Crippen LogP contribution in [-0.2, 0) is 0 Å². The average Bonchev–Trinajstić information content (AvgIpc) is 2.21. The molecule has 0 saturated heterocycles.